The summed E-state index contributed by atoms with van der Waals surface area (Å²) in [5.41, 5.74) is 1.52. The smallest absolute Gasteiger partial charge is 0.275 e. The Balaban J connectivity index is 1.55. The lowest BCUT2D eigenvalue weighted by Crippen LogP contribution is -2.18. The Bertz CT molecular complexity index is 775. The molecule has 2 aromatic rings. The largest absolute Gasteiger partial charge is 0.476 e. The first kappa shape index (κ1) is 17.8. The second-order valence-electron chi connectivity index (χ2n) is 6.16. The molecule has 0 radical (unpaired) electrons. The van der Waals surface area contributed by atoms with Crippen molar-refractivity contribution in [3.63, 3.8) is 0 Å². The summed E-state index contributed by atoms with van der Waals surface area (Å²) in [5, 5.41) is 5.32. The molecular weight excluding hydrogens is 334 g/mol. The van der Waals surface area contributed by atoms with Gasteiger partial charge < -0.3 is 15.4 Å². The zero-order chi connectivity index (χ0) is 18.4. The first-order valence-electron chi connectivity index (χ1n) is 8.56. The molecule has 1 aliphatic carbocycles. The highest BCUT2D eigenvalue weighted by molar-refractivity contribution is 6.02. The Kier molecular flexibility index (Phi) is 5.73. The van der Waals surface area contributed by atoms with Crippen molar-refractivity contribution in [3.05, 3.63) is 42.1 Å². The van der Waals surface area contributed by atoms with E-state index in [-0.39, 0.29) is 17.5 Å². The molecule has 136 valence electrons. The summed E-state index contributed by atoms with van der Waals surface area (Å²) in [7, 11) is 1.59. The van der Waals surface area contributed by atoms with Gasteiger partial charge in [0.15, 0.2) is 0 Å². The molecule has 1 saturated carbocycles. The summed E-state index contributed by atoms with van der Waals surface area (Å²) < 4.78 is 5.51. The van der Waals surface area contributed by atoms with Gasteiger partial charge in [0, 0.05) is 31.0 Å². The van der Waals surface area contributed by atoms with E-state index >= 15 is 0 Å². The van der Waals surface area contributed by atoms with E-state index in [9.17, 15) is 9.59 Å². The van der Waals surface area contributed by atoms with Crippen LogP contribution in [0.15, 0.2) is 30.7 Å². The molecule has 8 heteroatoms. The van der Waals surface area contributed by atoms with E-state index in [2.05, 4.69) is 25.6 Å². The second kappa shape index (κ2) is 8.37. The lowest BCUT2D eigenvalue weighted by Gasteiger charge is -2.07. The predicted molar refractivity (Wildman–Crippen MR) is 94.8 cm³/mol. The van der Waals surface area contributed by atoms with Crippen molar-refractivity contribution in [1.29, 1.82) is 0 Å². The molecule has 0 unspecified atom stereocenters. The number of hydrogen-bond acceptors (Lipinski definition) is 6. The molecular formula is C18H21N5O3. The summed E-state index contributed by atoms with van der Waals surface area (Å²) in [6.07, 6.45) is 7.68. The fraction of sp³-hybridized carbons (Fsp3) is 0.389. The van der Waals surface area contributed by atoms with Gasteiger partial charge in [-0.15, -0.1) is 0 Å². The highest BCUT2D eigenvalue weighted by Gasteiger charge is 2.22. The molecule has 0 spiro atoms. The fourth-order valence-electron chi connectivity index (χ4n) is 2.25. The van der Waals surface area contributed by atoms with Crippen molar-refractivity contribution in [2.24, 2.45) is 5.92 Å². The number of amides is 2. The Hall–Kier alpha value is -3.03. The van der Waals surface area contributed by atoms with E-state index in [0.717, 1.165) is 5.69 Å². The monoisotopic (exact) mass is 355 g/mol. The van der Waals surface area contributed by atoms with Gasteiger partial charge >= 0.3 is 0 Å². The number of anilines is 1. The van der Waals surface area contributed by atoms with Crippen LogP contribution in [-0.2, 0) is 11.2 Å². The number of pyridine rings is 1. The molecule has 2 aromatic heterocycles. The standard InChI is InChI=1S/C18H21N5O3/c1-19-16(24)5-4-13-8-14(6-7-20-13)23-18(25)15-9-22-17(10-21-15)26-11-12-2-3-12/h6-10,12H,2-5,11H2,1H3,(H,19,24)(H,20,23,25). The first-order valence-corrected chi connectivity index (χ1v) is 8.56. The van der Waals surface area contributed by atoms with Gasteiger partial charge in [-0.05, 0) is 37.3 Å². The molecule has 3 rings (SSSR count). The van der Waals surface area contributed by atoms with Crippen LogP contribution in [0, 0.1) is 5.92 Å². The summed E-state index contributed by atoms with van der Waals surface area (Å²) in [5.74, 6) is 0.633. The van der Waals surface area contributed by atoms with Crippen molar-refractivity contribution in [3.8, 4) is 5.88 Å². The third-order valence-electron chi connectivity index (χ3n) is 3.99. The number of carbonyl (C=O) groups is 2. The molecule has 1 aliphatic rings. The quantitative estimate of drug-likeness (QED) is 0.745. The maximum absolute atomic E-state index is 12.3. The minimum Gasteiger partial charge on any atom is -0.476 e. The minimum atomic E-state index is -0.366. The van der Waals surface area contributed by atoms with Gasteiger partial charge in [0.2, 0.25) is 11.8 Å². The summed E-state index contributed by atoms with van der Waals surface area (Å²) in [6.45, 7) is 0.649. The van der Waals surface area contributed by atoms with Crippen LogP contribution >= 0.6 is 0 Å². The number of rotatable bonds is 8. The third kappa shape index (κ3) is 5.23. The lowest BCUT2D eigenvalue weighted by atomic mass is 10.2. The minimum absolute atomic E-state index is 0.0551. The van der Waals surface area contributed by atoms with Crippen LogP contribution < -0.4 is 15.4 Å². The third-order valence-corrected chi connectivity index (χ3v) is 3.99. The highest BCUT2D eigenvalue weighted by atomic mass is 16.5. The maximum Gasteiger partial charge on any atom is 0.275 e. The zero-order valence-corrected chi connectivity index (χ0v) is 14.6. The van der Waals surface area contributed by atoms with E-state index in [1.165, 1.54) is 25.2 Å². The average molecular weight is 355 g/mol. The topological polar surface area (TPSA) is 106 Å². The molecule has 0 bridgehead atoms. The van der Waals surface area contributed by atoms with Crippen LogP contribution in [0.5, 0.6) is 5.88 Å². The number of nitrogens with zero attached hydrogens (tertiary/aromatic N) is 3. The lowest BCUT2D eigenvalue weighted by molar-refractivity contribution is -0.120. The van der Waals surface area contributed by atoms with Crippen LogP contribution in [0.25, 0.3) is 0 Å². The van der Waals surface area contributed by atoms with Gasteiger partial charge in [0.25, 0.3) is 5.91 Å². The Morgan fingerprint density at radius 2 is 2.08 bits per heavy atom. The second-order valence-corrected chi connectivity index (χ2v) is 6.16. The molecule has 2 N–H and O–H groups in total. The van der Waals surface area contributed by atoms with E-state index in [0.29, 0.717) is 36.9 Å². The summed E-state index contributed by atoms with van der Waals surface area (Å²) in [6, 6.07) is 3.42. The predicted octanol–water partition coefficient (Wildman–Crippen LogP) is 1.59. The van der Waals surface area contributed by atoms with E-state index in [1.807, 2.05) is 0 Å². The molecule has 2 heterocycles. The van der Waals surface area contributed by atoms with Crippen LogP contribution in [0.4, 0.5) is 5.69 Å². The van der Waals surface area contributed by atoms with Gasteiger partial charge in [0.1, 0.15) is 5.69 Å². The van der Waals surface area contributed by atoms with Crippen molar-refractivity contribution in [1.82, 2.24) is 20.3 Å². The molecule has 0 atom stereocenters. The molecule has 8 nitrogen and oxygen atoms in total. The van der Waals surface area contributed by atoms with Gasteiger partial charge in [0.05, 0.1) is 19.0 Å². The van der Waals surface area contributed by atoms with Crippen molar-refractivity contribution >= 4 is 17.5 Å². The molecule has 2 amide bonds. The van der Waals surface area contributed by atoms with Crippen LogP contribution in [0.3, 0.4) is 0 Å². The van der Waals surface area contributed by atoms with Crippen LogP contribution in [-0.4, -0.2) is 40.4 Å². The summed E-state index contributed by atoms with van der Waals surface area (Å²) in [4.78, 5) is 36.0. The number of hydrogen-bond donors (Lipinski definition) is 2. The van der Waals surface area contributed by atoms with Crippen molar-refractivity contribution in [2.75, 3.05) is 19.0 Å². The first-order chi connectivity index (χ1) is 12.6. The maximum atomic E-state index is 12.3. The normalized spacial score (nSPS) is 13.1. The Labute approximate surface area is 151 Å². The van der Waals surface area contributed by atoms with E-state index in [1.54, 1.807) is 25.4 Å². The van der Waals surface area contributed by atoms with Crippen LogP contribution in [0.1, 0.15) is 35.4 Å². The van der Waals surface area contributed by atoms with Crippen LogP contribution in [0.2, 0.25) is 0 Å². The number of ether oxygens (including phenoxy) is 1. The molecule has 0 aliphatic heterocycles. The van der Waals surface area contributed by atoms with E-state index in [4.69, 9.17) is 4.74 Å². The SMILES string of the molecule is CNC(=O)CCc1cc(NC(=O)c2cnc(OCC3CC3)cn2)ccn1. The molecule has 0 saturated heterocycles. The molecule has 26 heavy (non-hydrogen) atoms. The zero-order valence-electron chi connectivity index (χ0n) is 14.6. The number of aryl methyl sites for hydroxylation is 1. The highest BCUT2D eigenvalue weighted by Crippen LogP contribution is 2.29. The van der Waals surface area contributed by atoms with Gasteiger partial charge in [-0.3, -0.25) is 14.6 Å². The fourth-order valence-corrected chi connectivity index (χ4v) is 2.25. The Morgan fingerprint density at radius 3 is 2.77 bits per heavy atom. The summed E-state index contributed by atoms with van der Waals surface area (Å²) >= 11 is 0. The van der Waals surface area contributed by atoms with Gasteiger partial charge in [-0.2, -0.15) is 0 Å². The molecule has 0 aromatic carbocycles. The van der Waals surface area contributed by atoms with Gasteiger partial charge in [-0.25, -0.2) is 9.97 Å². The number of nitrogens with one attached hydrogen (secondary N) is 2. The van der Waals surface area contributed by atoms with Crippen molar-refractivity contribution < 1.29 is 14.3 Å². The molecule has 1 fully saturated rings. The van der Waals surface area contributed by atoms with Crippen molar-refractivity contribution in [2.45, 2.75) is 25.7 Å². The Morgan fingerprint density at radius 1 is 1.23 bits per heavy atom. The number of carbonyl (C=O) groups excluding carboxylic acids is 2. The number of aromatic nitrogens is 3. The van der Waals surface area contributed by atoms with E-state index < -0.39 is 0 Å². The van der Waals surface area contributed by atoms with Gasteiger partial charge in [-0.1, -0.05) is 0 Å². The average Bonchev–Trinajstić information content (AvgIpc) is 3.49.